The van der Waals surface area contributed by atoms with Crippen molar-refractivity contribution >= 4 is 23.6 Å². The number of aryl methyl sites for hydroxylation is 1. The Balaban J connectivity index is 1.36. The molecular weight excluding hydrogens is 771 g/mol. The Bertz CT molecular complexity index is 1960. The molecule has 0 saturated carbocycles. The lowest BCUT2D eigenvalue weighted by molar-refractivity contribution is -0.296. The molecule has 1 aromatic carbocycles. The molecule has 6 rings (SSSR count). The van der Waals surface area contributed by atoms with Gasteiger partial charge in [-0.25, -0.2) is 4.79 Å². The van der Waals surface area contributed by atoms with Gasteiger partial charge in [0.05, 0.1) is 37.4 Å². The number of aliphatic hydroxyl groups is 1. The molecule has 1 amide bonds. The van der Waals surface area contributed by atoms with Gasteiger partial charge in [0.15, 0.2) is 17.7 Å². The number of benzene rings is 1. The summed E-state index contributed by atoms with van der Waals surface area (Å²) in [4.78, 5) is 52.2. The van der Waals surface area contributed by atoms with E-state index < -0.39 is 71.5 Å². The summed E-state index contributed by atoms with van der Waals surface area (Å²) < 4.78 is 32.3. The number of tetrazole rings is 1. The monoisotopic (exact) mass is 833 g/mol. The minimum atomic E-state index is -1.24. The lowest BCUT2D eigenvalue weighted by Crippen LogP contribution is -2.60. The van der Waals surface area contributed by atoms with Crippen LogP contribution in [0.15, 0.2) is 29.3 Å². The van der Waals surface area contributed by atoms with Crippen LogP contribution >= 0.6 is 0 Å². The zero-order valence-corrected chi connectivity index (χ0v) is 37.0. The summed E-state index contributed by atoms with van der Waals surface area (Å²) in [6.07, 6.45) is -3.03. The molecule has 4 aliphatic heterocycles. The van der Waals surface area contributed by atoms with Crippen LogP contribution in [0.4, 0.5) is 4.79 Å². The van der Waals surface area contributed by atoms with Crippen LogP contribution in [-0.4, -0.2) is 146 Å². The van der Waals surface area contributed by atoms with Gasteiger partial charge in [0.2, 0.25) is 5.82 Å². The number of carbonyl (C=O) groups excluding carboxylic acids is 3. The van der Waals surface area contributed by atoms with E-state index in [2.05, 4.69) is 34.2 Å². The molecule has 328 valence electrons. The Morgan fingerprint density at radius 2 is 1.75 bits per heavy atom. The molecule has 60 heavy (non-hydrogen) atoms. The van der Waals surface area contributed by atoms with Gasteiger partial charge in [-0.15, -0.1) is 10.2 Å². The van der Waals surface area contributed by atoms with E-state index in [1.54, 1.807) is 18.9 Å². The first-order valence-corrected chi connectivity index (χ1v) is 21.2. The Morgan fingerprint density at radius 3 is 2.40 bits per heavy atom. The third-order valence-electron chi connectivity index (χ3n) is 13.0. The summed E-state index contributed by atoms with van der Waals surface area (Å²) in [5, 5.41) is 23.9. The summed E-state index contributed by atoms with van der Waals surface area (Å²) in [7, 11) is 5.51. The highest BCUT2D eigenvalue weighted by molar-refractivity contribution is 6.00. The number of cyclic esters (lactones) is 1. The van der Waals surface area contributed by atoms with Crippen LogP contribution in [0, 0.1) is 35.5 Å². The van der Waals surface area contributed by atoms with E-state index in [0.29, 0.717) is 44.6 Å². The molecule has 16 nitrogen and oxygen atoms in total. The predicted octanol–water partition coefficient (Wildman–Crippen LogP) is 3.88. The van der Waals surface area contributed by atoms with Gasteiger partial charge in [0.1, 0.15) is 24.7 Å². The van der Waals surface area contributed by atoms with Crippen molar-refractivity contribution in [3.05, 3.63) is 29.8 Å². The van der Waals surface area contributed by atoms with E-state index in [1.165, 1.54) is 11.7 Å². The van der Waals surface area contributed by atoms with Crippen molar-refractivity contribution in [1.29, 1.82) is 0 Å². The summed E-state index contributed by atoms with van der Waals surface area (Å²) in [5.41, 5.74) is 0.241. The molecule has 0 radical (unpaired) electrons. The summed E-state index contributed by atoms with van der Waals surface area (Å²) in [6.45, 7) is 15.6. The van der Waals surface area contributed by atoms with Gasteiger partial charge in [0.25, 0.3) is 0 Å². The maximum absolute atomic E-state index is 14.6. The predicted molar refractivity (Wildman–Crippen MR) is 222 cm³/mol. The molecule has 0 unspecified atom stereocenters. The summed E-state index contributed by atoms with van der Waals surface area (Å²) in [6, 6.07) is 7.02. The van der Waals surface area contributed by atoms with Gasteiger partial charge in [-0.05, 0) is 77.7 Å². The number of esters is 1. The fourth-order valence-corrected chi connectivity index (χ4v) is 9.84. The van der Waals surface area contributed by atoms with Crippen molar-refractivity contribution in [1.82, 2.24) is 30.0 Å². The van der Waals surface area contributed by atoms with Crippen molar-refractivity contribution in [3.8, 4) is 23.2 Å². The second-order valence-electron chi connectivity index (χ2n) is 17.7. The highest BCUT2D eigenvalue weighted by Crippen LogP contribution is 2.44. The number of aromatic nitrogens is 4. The SMILES string of the molecule is CC[C@H]1OC(=O)[C@H](C)C(=O)[C@H](C)[C@@H](O[C@@H]2O[C@H](C)C[C@H](N(C)C)[C@H]2O)[C@](C)(OCC#CCc2ccc(-c3nnn(C)n3)cc2)C[C@@H](C)C2=NCCN3C(=O)O[C@@]1(C)[C@H]3[C@H]2C. The van der Waals surface area contributed by atoms with Gasteiger partial charge in [0, 0.05) is 42.1 Å². The highest BCUT2D eigenvalue weighted by Gasteiger charge is 2.60. The standard InChI is InChI=1S/C44H63N7O9/c1-12-33-44(8)37-27(4)34(45-20-21-51(37)42(55)60-44)25(2)24-43(7,56-22-14-13-15-30-16-18-31(19-17-30)39-46-48-50(11)47-39)38(28(5)35(52)29(6)40(54)58-33)59-41-36(53)32(49(9)10)23-26(3)57-41/h16-19,25-29,32-33,36-38,41,53H,12,15,20-24H2,1-11H3/t25-,26-,27+,28+,29-,32+,33-,36-,37-,38-,41+,43-,44-/m1/s1. The first-order valence-electron chi connectivity index (χ1n) is 21.2. The van der Waals surface area contributed by atoms with Crippen LogP contribution in [0.1, 0.15) is 80.2 Å². The Morgan fingerprint density at radius 1 is 1.03 bits per heavy atom. The van der Waals surface area contributed by atoms with Crippen molar-refractivity contribution in [2.24, 2.45) is 35.7 Å². The van der Waals surface area contributed by atoms with Crippen LogP contribution in [0.25, 0.3) is 11.4 Å². The van der Waals surface area contributed by atoms with E-state index in [1.807, 2.05) is 77.9 Å². The number of ketones is 1. The molecule has 2 aromatic rings. The fraction of sp³-hybridized carbons (Fsp3) is 0.705. The zero-order valence-electron chi connectivity index (χ0n) is 37.0. The number of rotatable bonds is 8. The maximum Gasteiger partial charge on any atom is 0.410 e. The van der Waals surface area contributed by atoms with E-state index in [9.17, 15) is 19.5 Å². The summed E-state index contributed by atoms with van der Waals surface area (Å²) >= 11 is 0. The van der Waals surface area contributed by atoms with Gasteiger partial charge in [-0.1, -0.05) is 63.8 Å². The average molecular weight is 834 g/mol. The highest BCUT2D eigenvalue weighted by atomic mass is 16.7. The van der Waals surface area contributed by atoms with Gasteiger partial charge in [-0.2, -0.15) is 4.80 Å². The largest absolute Gasteiger partial charge is 0.458 e. The van der Waals surface area contributed by atoms with Crippen LogP contribution < -0.4 is 0 Å². The molecule has 3 fully saturated rings. The molecule has 0 spiro atoms. The molecule has 1 aromatic heterocycles. The minimum absolute atomic E-state index is 0.00891. The van der Waals surface area contributed by atoms with Crippen LogP contribution in [-0.2, 0) is 46.7 Å². The van der Waals surface area contributed by atoms with Crippen molar-refractivity contribution in [3.63, 3.8) is 0 Å². The first kappa shape index (κ1) is 45.3. The number of Topliss-reactive ketones (excluding diaryl/α,β-unsaturated/α-hetero) is 1. The molecule has 13 atom stereocenters. The van der Waals surface area contributed by atoms with Crippen LogP contribution in [0.2, 0.25) is 0 Å². The number of fused-ring (bicyclic) bond motifs is 1. The number of ether oxygens (including phenoxy) is 5. The zero-order chi connectivity index (χ0) is 43.7. The molecule has 4 aliphatic rings. The van der Waals surface area contributed by atoms with Gasteiger partial charge >= 0.3 is 12.1 Å². The lowest BCUT2D eigenvalue weighted by atomic mass is 9.73. The smallest absolute Gasteiger partial charge is 0.410 e. The number of hydrogen-bond donors (Lipinski definition) is 1. The molecule has 0 aliphatic carbocycles. The number of likely N-dealkylation sites (N-methyl/N-ethyl adjacent to an activating group) is 1. The van der Waals surface area contributed by atoms with E-state index >= 15 is 0 Å². The number of aliphatic hydroxyl groups excluding tert-OH is 1. The Labute approximate surface area is 353 Å². The molecule has 16 heteroatoms. The molecule has 2 bridgehead atoms. The number of carbonyl (C=O) groups is 3. The van der Waals surface area contributed by atoms with Gasteiger partial charge in [-0.3, -0.25) is 19.5 Å². The minimum Gasteiger partial charge on any atom is -0.458 e. The average Bonchev–Trinajstić information content (AvgIpc) is 3.69. The third kappa shape index (κ3) is 9.16. The Kier molecular flexibility index (Phi) is 13.9. The van der Waals surface area contributed by atoms with Gasteiger partial charge < -0.3 is 33.7 Å². The fourth-order valence-electron chi connectivity index (χ4n) is 9.84. The number of nitrogens with zero attached hydrogens (tertiary/aromatic N) is 7. The number of amides is 1. The molecule has 5 heterocycles. The second kappa shape index (κ2) is 18.4. The second-order valence-corrected chi connectivity index (χ2v) is 17.7. The molecular formula is C44H63N7O9. The molecule has 1 N–H and O–H groups in total. The molecule has 3 saturated heterocycles. The first-order chi connectivity index (χ1) is 28.4. The third-order valence-corrected chi connectivity index (χ3v) is 13.0. The quantitative estimate of drug-likeness (QED) is 0.230. The Hall–Kier alpha value is -4.27. The maximum atomic E-state index is 14.6. The van der Waals surface area contributed by atoms with Crippen molar-refractivity contribution in [2.75, 3.05) is 33.8 Å². The normalized spacial score (nSPS) is 36.4. The number of hydrogen-bond acceptors (Lipinski definition) is 14. The van der Waals surface area contributed by atoms with Crippen molar-refractivity contribution < 1.29 is 43.2 Å². The van der Waals surface area contributed by atoms with E-state index in [4.69, 9.17) is 28.7 Å². The van der Waals surface area contributed by atoms with Crippen LogP contribution in [0.3, 0.4) is 0 Å². The lowest BCUT2D eigenvalue weighted by Gasteiger charge is -2.47. The van der Waals surface area contributed by atoms with E-state index in [-0.39, 0.29) is 30.6 Å². The van der Waals surface area contributed by atoms with Crippen molar-refractivity contribution in [2.45, 2.75) is 135 Å². The number of aliphatic imine (C=N–C) groups is 1. The van der Waals surface area contributed by atoms with E-state index in [0.717, 1.165) is 16.8 Å². The topological polar surface area (TPSA) is 180 Å². The summed E-state index contributed by atoms with van der Waals surface area (Å²) in [5.74, 6) is 3.11. The van der Waals surface area contributed by atoms with Crippen LogP contribution in [0.5, 0.6) is 0 Å².